The van der Waals surface area contributed by atoms with Crippen LogP contribution in [-0.4, -0.2) is 48.5 Å². The van der Waals surface area contributed by atoms with Crippen LogP contribution in [0.25, 0.3) is 0 Å². The lowest BCUT2D eigenvalue weighted by molar-refractivity contribution is 0.0210. The first-order valence-electron chi connectivity index (χ1n) is 6.77. The smallest absolute Gasteiger partial charge is 0.119 e. The van der Waals surface area contributed by atoms with Crippen LogP contribution >= 0.6 is 0 Å². The van der Waals surface area contributed by atoms with E-state index in [1.807, 2.05) is 31.3 Å². The number of aliphatic hydroxyl groups is 2. The summed E-state index contributed by atoms with van der Waals surface area (Å²) in [5.74, 6) is 1.33. The molecule has 0 aliphatic heterocycles. The molecule has 0 radical (unpaired) electrons. The molecule has 1 aliphatic carbocycles. The maximum atomic E-state index is 10.2. The zero-order chi connectivity index (χ0) is 13.8. The van der Waals surface area contributed by atoms with Crippen LogP contribution in [0.15, 0.2) is 24.3 Å². The third-order valence-corrected chi connectivity index (χ3v) is 3.74. The number of ether oxygens (including phenoxy) is 1. The molecule has 1 aromatic carbocycles. The Morgan fingerprint density at radius 1 is 1.42 bits per heavy atom. The van der Waals surface area contributed by atoms with Gasteiger partial charge in [-0.15, -0.1) is 0 Å². The summed E-state index contributed by atoms with van der Waals surface area (Å²) in [5.41, 5.74) is 0.875. The zero-order valence-corrected chi connectivity index (χ0v) is 11.6. The van der Waals surface area contributed by atoms with E-state index in [4.69, 9.17) is 4.74 Å². The van der Waals surface area contributed by atoms with Gasteiger partial charge in [-0.25, -0.2) is 0 Å². The SMILES string of the molecule is COc1cccc(C(O)CN(C)CC2CC(O)C2)c1. The van der Waals surface area contributed by atoms with Crippen molar-refractivity contribution in [2.24, 2.45) is 5.92 Å². The molecular formula is C15H23NO3. The van der Waals surface area contributed by atoms with E-state index in [0.29, 0.717) is 12.5 Å². The van der Waals surface area contributed by atoms with Crippen molar-refractivity contribution < 1.29 is 14.9 Å². The van der Waals surface area contributed by atoms with Crippen molar-refractivity contribution >= 4 is 0 Å². The van der Waals surface area contributed by atoms with E-state index in [1.165, 1.54) is 0 Å². The Bertz CT molecular complexity index is 404. The fourth-order valence-electron chi connectivity index (χ4n) is 2.61. The van der Waals surface area contributed by atoms with Crippen LogP contribution in [0.4, 0.5) is 0 Å². The normalized spacial score (nSPS) is 24.1. The molecule has 0 aromatic heterocycles. The molecule has 0 heterocycles. The maximum Gasteiger partial charge on any atom is 0.119 e. The zero-order valence-electron chi connectivity index (χ0n) is 11.6. The van der Waals surface area contributed by atoms with Gasteiger partial charge in [0.15, 0.2) is 0 Å². The van der Waals surface area contributed by atoms with Crippen molar-refractivity contribution in [1.82, 2.24) is 4.90 Å². The number of benzene rings is 1. The molecule has 1 atom stereocenters. The van der Waals surface area contributed by atoms with E-state index in [9.17, 15) is 10.2 Å². The van der Waals surface area contributed by atoms with Gasteiger partial charge in [-0.05, 0) is 43.5 Å². The Balaban J connectivity index is 1.83. The predicted molar refractivity (Wildman–Crippen MR) is 74.2 cm³/mol. The Kier molecular flexibility index (Phi) is 4.80. The minimum absolute atomic E-state index is 0.110. The summed E-state index contributed by atoms with van der Waals surface area (Å²) in [6.45, 7) is 1.53. The van der Waals surface area contributed by atoms with Gasteiger partial charge in [-0.2, -0.15) is 0 Å². The molecule has 106 valence electrons. The van der Waals surface area contributed by atoms with Crippen LogP contribution < -0.4 is 4.74 Å². The Labute approximate surface area is 114 Å². The molecule has 0 spiro atoms. The lowest BCUT2D eigenvalue weighted by Crippen LogP contribution is -2.38. The highest BCUT2D eigenvalue weighted by molar-refractivity contribution is 5.29. The van der Waals surface area contributed by atoms with Crippen molar-refractivity contribution in [3.63, 3.8) is 0 Å². The molecule has 1 aliphatic rings. The van der Waals surface area contributed by atoms with Crippen LogP contribution in [0.3, 0.4) is 0 Å². The molecule has 0 saturated heterocycles. The fraction of sp³-hybridized carbons (Fsp3) is 0.600. The van der Waals surface area contributed by atoms with Crippen molar-refractivity contribution in [3.8, 4) is 5.75 Å². The second kappa shape index (κ2) is 6.37. The van der Waals surface area contributed by atoms with Crippen molar-refractivity contribution in [2.45, 2.75) is 25.0 Å². The number of aliphatic hydroxyl groups excluding tert-OH is 2. The van der Waals surface area contributed by atoms with Crippen LogP contribution in [0.5, 0.6) is 5.75 Å². The van der Waals surface area contributed by atoms with Crippen LogP contribution in [-0.2, 0) is 0 Å². The average molecular weight is 265 g/mol. The molecule has 0 amide bonds. The van der Waals surface area contributed by atoms with E-state index < -0.39 is 6.10 Å². The summed E-state index contributed by atoms with van der Waals surface area (Å²) >= 11 is 0. The summed E-state index contributed by atoms with van der Waals surface area (Å²) in [5, 5.41) is 19.5. The molecular weight excluding hydrogens is 242 g/mol. The van der Waals surface area contributed by atoms with Crippen LogP contribution in [0.1, 0.15) is 24.5 Å². The minimum Gasteiger partial charge on any atom is -0.497 e. The number of likely N-dealkylation sites (N-methyl/N-ethyl adjacent to an activating group) is 1. The van der Waals surface area contributed by atoms with Gasteiger partial charge in [-0.1, -0.05) is 12.1 Å². The quantitative estimate of drug-likeness (QED) is 0.817. The largest absolute Gasteiger partial charge is 0.497 e. The Hall–Kier alpha value is -1.10. The fourth-order valence-corrected chi connectivity index (χ4v) is 2.61. The molecule has 1 unspecified atom stereocenters. The van der Waals surface area contributed by atoms with Gasteiger partial charge < -0.3 is 19.8 Å². The molecule has 19 heavy (non-hydrogen) atoms. The molecule has 4 heteroatoms. The van der Waals surface area contributed by atoms with Gasteiger partial charge in [0.25, 0.3) is 0 Å². The van der Waals surface area contributed by atoms with E-state index in [1.54, 1.807) is 7.11 Å². The average Bonchev–Trinajstić information content (AvgIpc) is 2.37. The second-order valence-corrected chi connectivity index (χ2v) is 5.50. The van der Waals surface area contributed by atoms with Gasteiger partial charge >= 0.3 is 0 Å². The van der Waals surface area contributed by atoms with Gasteiger partial charge in [0.05, 0.1) is 19.3 Å². The van der Waals surface area contributed by atoms with E-state index in [0.717, 1.165) is 30.7 Å². The van der Waals surface area contributed by atoms with Crippen molar-refractivity contribution in [1.29, 1.82) is 0 Å². The Morgan fingerprint density at radius 3 is 2.79 bits per heavy atom. The first-order chi connectivity index (χ1) is 9.08. The van der Waals surface area contributed by atoms with E-state index in [2.05, 4.69) is 4.90 Å². The molecule has 4 nitrogen and oxygen atoms in total. The number of nitrogens with zero attached hydrogens (tertiary/aromatic N) is 1. The summed E-state index contributed by atoms with van der Waals surface area (Å²) < 4.78 is 5.16. The maximum absolute atomic E-state index is 10.2. The highest BCUT2D eigenvalue weighted by atomic mass is 16.5. The lowest BCUT2D eigenvalue weighted by atomic mass is 9.82. The highest BCUT2D eigenvalue weighted by Gasteiger charge is 2.28. The monoisotopic (exact) mass is 265 g/mol. The summed E-state index contributed by atoms with van der Waals surface area (Å²) in [6, 6.07) is 7.54. The van der Waals surface area contributed by atoms with Crippen LogP contribution in [0, 0.1) is 5.92 Å². The van der Waals surface area contributed by atoms with Crippen molar-refractivity contribution in [3.05, 3.63) is 29.8 Å². The third kappa shape index (κ3) is 3.93. The minimum atomic E-state index is -0.509. The van der Waals surface area contributed by atoms with E-state index in [-0.39, 0.29) is 6.10 Å². The summed E-state index contributed by atoms with van der Waals surface area (Å²) in [7, 11) is 3.63. The number of methoxy groups -OCH3 is 1. The number of hydrogen-bond acceptors (Lipinski definition) is 4. The molecule has 1 fully saturated rings. The first kappa shape index (κ1) is 14.3. The molecule has 2 N–H and O–H groups in total. The van der Waals surface area contributed by atoms with Gasteiger partial charge in [-0.3, -0.25) is 0 Å². The van der Waals surface area contributed by atoms with E-state index >= 15 is 0 Å². The lowest BCUT2D eigenvalue weighted by Gasteiger charge is -2.35. The molecule has 1 saturated carbocycles. The first-order valence-corrected chi connectivity index (χ1v) is 6.77. The van der Waals surface area contributed by atoms with Crippen LogP contribution in [0.2, 0.25) is 0 Å². The third-order valence-electron chi connectivity index (χ3n) is 3.74. The highest BCUT2D eigenvalue weighted by Crippen LogP contribution is 2.28. The molecule has 1 aromatic rings. The molecule has 2 rings (SSSR count). The number of rotatable bonds is 6. The summed E-state index contributed by atoms with van der Waals surface area (Å²) in [6.07, 6.45) is 1.16. The standard InChI is InChI=1S/C15H23NO3/c1-16(9-11-6-13(17)7-11)10-15(18)12-4-3-5-14(8-12)19-2/h3-5,8,11,13,15,17-18H,6-7,9-10H2,1-2H3. The van der Waals surface area contributed by atoms with Crippen molar-refractivity contribution in [2.75, 3.05) is 27.2 Å². The number of hydrogen-bond donors (Lipinski definition) is 2. The second-order valence-electron chi connectivity index (χ2n) is 5.50. The topological polar surface area (TPSA) is 52.9 Å². The molecule has 0 bridgehead atoms. The van der Waals surface area contributed by atoms with Gasteiger partial charge in [0.2, 0.25) is 0 Å². The Morgan fingerprint density at radius 2 is 2.16 bits per heavy atom. The summed E-state index contributed by atoms with van der Waals surface area (Å²) in [4.78, 5) is 2.13. The van der Waals surface area contributed by atoms with Gasteiger partial charge in [0, 0.05) is 13.1 Å². The predicted octanol–water partition coefficient (Wildman–Crippen LogP) is 1.43. The van der Waals surface area contributed by atoms with Gasteiger partial charge in [0.1, 0.15) is 5.75 Å².